The summed E-state index contributed by atoms with van der Waals surface area (Å²) in [7, 11) is -2.17. The monoisotopic (exact) mass is 276 g/mol. The molecule has 0 saturated heterocycles. The molecule has 0 aliphatic rings. The van der Waals surface area contributed by atoms with Crippen molar-refractivity contribution >= 4 is 27.2 Å². The molecule has 0 aliphatic heterocycles. The van der Waals surface area contributed by atoms with Gasteiger partial charge in [0.05, 0.1) is 12.9 Å². The number of halogens is 1. The van der Waals surface area contributed by atoms with Crippen LogP contribution in [0, 0.1) is 0 Å². The highest BCUT2D eigenvalue weighted by atomic mass is 35.5. The lowest BCUT2D eigenvalue weighted by molar-refractivity contribution is -0.116. The van der Waals surface area contributed by atoms with Gasteiger partial charge in [-0.3, -0.25) is 4.79 Å². The standard InChI is InChI=1S/C11H13ClO4S/c1-8(13)5-6-17(14,15)11-7-9(12)3-4-10(11)16-2/h3-4,7H,5-6H2,1-2H3. The number of Topliss-reactive ketones (excluding diaryl/α,β-unsaturated/α-hetero) is 1. The van der Waals surface area contributed by atoms with E-state index in [4.69, 9.17) is 16.3 Å². The van der Waals surface area contributed by atoms with Crippen LogP contribution in [-0.2, 0) is 14.6 Å². The van der Waals surface area contributed by atoms with E-state index in [1.165, 1.54) is 26.2 Å². The topological polar surface area (TPSA) is 60.4 Å². The third-order valence-electron chi connectivity index (χ3n) is 2.18. The number of rotatable bonds is 5. The van der Waals surface area contributed by atoms with E-state index in [0.29, 0.717) is 5.02 Å². The Balaban J connectivity index is 3.13. The number of ether oxygens (including phenoxy) is 1. The molecule has 0 fully saturated rings. The highest BCUT2D eigenvalue weighted by molar-refractivity contribution is 7.91. The van der Waals surface area contributed by atoms with Gasteiger partial charge in [-0.1, -0.05) is 11.6 Å². The normalized spacial score (nSPS) is 11.2. The van der Waals surface area contributed by atoms with Crippen LogP contribution in [0.3, 0.4) is 0 Å². The first-order valence-electron chi connectivity index (χ1n) is 4.92. The van der Waals surface area contributed by atoms with Crippen LogP contribution in [0.4, 0.5) is 0 Å². The fourth-order valence-electron chi connectivity index (χ4n) is 1.28. The molecule has 6 heteroatoms. The summed E-state index contributed by atoms with van der Waals surface area (Å²) in [6.07, 6.45) is -0.0159. The van der Waals surface area contributed by atoms with E-state index in [0.717, 1.165) is 0 Å². The van der Waals surface area contributed by atoms with Gasteiger partial charge in [-0.25, -0.2) is 8.42 Å². The zero-order valence-electron chi connectivity index (χ0n) is 9.57. The average Bonchev–Trinajstić information content (AvgIpc) is 2.26. The maximum absolute atomic E-state index is 12.0. The van der Waals surface area contributed by atoms with E-state index in [9.17, 15) is 13.2 Å². The summed E-state index contributed by atoms with van der Waals surface area (Å²) in [4.78, 5) is 10.8. The van der Waals surface area contributed by atoms with Crippen molar-refractivity contribution < 1.29 is 17.9 Å². The van der Waals surface area contributed by atoms with Crippen LogP contribution in [0.2, 0.25) is 5.02 Å². The van der Waals surface area contributed by atoms with Crippen LogP contribution < -0.4 is 4.74 Å². The number of sulfone groups is 1. The summed E-state index contributed by atoms with van der Waals surface area (Å²) in [5.74, 6) is -0.175. The lowest BCUT2D eigenvalue weighted by atomic mass is 10.3. The Morgan fingerprint density at radius 3 is 2.59 bits per heavy atom. The molecule has 0 heterocycles. The van der Waals surface area contributed by atoms with Crippen LogP contribution in [0.5, 0.6) is 5.75 Å². The Kier molecular flexibility index (Phi) is 4.54. The van der Waals surface area contributed by atoms with Gasteiger partial charge in [-0.15, -0.1) is 0 Å². The van der Waals surface area contributed by atoms with Gasteiger partial charge < -0.3 is 4.74 Å². The van der Waals surface area contributed by atoms with Crippen LogP contribution in [0.1, 0.15) is 13.3 Å². The molecule has 0 bridgehead atoms. The molecule has 0 radical (unpaired) electrons. The van der Waals surface area contributed by atoms with Crippen molar-refractivity contribution in [3.8, 4) is 5.75 Å². The molecule has 17 heavy (non-hydrogen) atoms. The second kappa shape index (κ2) is 5.51. The molecule has 0 amide bonds. The minimum Gasteiger partial charge on any atom is -0.495 e. The maximum Gasteiger partial charge on any atom is 0.182 e. The Morgan fingerprint density at radius 2 is 2.06 bits per heavy atom. The number of benzene rings is 1. The van der Waals surface area contributed by atoms with Crippen LogP contribution in [0.25, 0.3) is 0 Å². The van der Waals surface area contributed by atoms with Crippen molar-refractivity contribution in [3.05, 3.63) is 23.2 Å². The Morgan fingerprint density at radius 1 is 1.41 bits per heavy atom. The number of methoxy groups -OCH3 is 1. The van der Waals surface area contributed by atoms with E-state index < -0.39 is 9.84 Å². The molecule has 0 N–H and O–H groups in total. The number of carbonyl (C=O) groups is 1. The van der Waals surface area contributed by atoms with Gasteiger partial charge in [0.15, 0.2) is 9.84 Å². The summed E-state index contributed by atoms with van der Waals surface area (Å²) in [5.41, 5.74) is 0. The molecule has 0 aromatic heterocycles. The second-order valence-electron chi connectivity index (χ2n) is 3.57. The van der Waals surface area contributed by atoms with Gasteiger partial charge in [0.1, 0.15) is 16.4 Å². The Labute approximate surface area is 105 Å². The summed E-state index contributed by atoms with van der Waals surface area (Å²) < 4.78 is 28.9. The molecule has 1 aromatic rings. The highest BCUT2D eigenvalue weighted by Crippen LogP contribution is 2.28. The van der Waals surface area contributed by atoms with E-state index in [-0.39, 0.29) is 28.6 Å². The molecule has 1 aromatic carbocycles. The van der Waals surface area contributed by atoms with Gasteiger partial charge in [-0.05, 0) is 25.1 Å². The smallest absolute Gasteiger partial charge is 0.182 e. The van der Waals surface area contributed by atoms with Gasteiger partial charge >= 0.3 is 0 Å². The minimum absolute atomic E-state index is 0.0159. The molecule has 4 nitrogen and oxygen atoms in total. The first-order valence-corrected chi connectivity index (χ1v) is 6.95. The third-order valence-corrected chi connectivity index (χ3v) is 4.15. The van der Waals surface area contributed by atoms with Gasteiger partial charge in [0, 0.05) is 11.4 Å². The fraction of sp³-hybridized carbons (Fsp3) is 0.364. The lowest BCUT2D eigenvalue weighted by Gasteiger charge is -2.09. The van der Waals surface area contributed by atoms with Crippen LogP contribution in [-0.4, -0.2) is 27.1 Å². The summed E-state index contributed by atoms with van der Waals surface area (Å²) in [6, 6.07) is 4.36. The minimum atomic E-state index is -3.55. The SMILES string of the molecule is COc1ccc(Cl)cc1S(=O)(=O)CCC(C)=O. The maximum atomic E-state index is 12.0. The number of hydrogen-bond acceptors (Lipinski definition) is 4. The molecule has 94 valence electrons. The van der Waals surface area contributed by atoms with E-state index in [1.807, 2.05) is 0 Å². The summed E-state index contributed by atoms with van der Waals surface area (Å²) in [6.45, 7) is 1.35. The summed E-state index contributed by atoms with van der Waals surface area (Å²) in [5, 5.41) is 0.312. The predicted molar refractivity (Wildman–Crippen MR) is 65.4 cm³/mol. The molecule has 0 unspecified atom stereocenters. The van der Waals surface area contributed by atoms with Crippen molar-refractivity contribution in [3.63, 3.8) is 0 Å². The quantitative estimate of drug-likeness (QED) is 0.826. The third kappa shape index (κ3) is 3.71. The average molecular weight is 277 g/mol. The van der Waals surface area contributed by atoms with Crippen molar-refractivity contribution in [1.29, 1.82) is 0 Å². The van der Waals surface area contributed by atoms with Crippen LogP contribution in [0.15, 0.2) is 23.1 Å². The molecule has 0 saturated carbocycles. The lowest BCUT2D eigenvalue weighted by Crippen LogP contribution is -2.11. The zero-order chi connectivity index (χ0) is 13.1. The molecular formula is C11H13ClO4S. The van der Waals surface area contributed by atoms with E-state index in [1.54, 1.807) is 6.07 Å². The number of hydrogen-bond donors (Lipinski definition) is 0. The molecular weight excluding hydrogens is 264 g/mol. The van der Waals surface area contributed by atoms with Gasteiger partial charge in [0.2, 0.25) is 0 Å². The largest absolute Gasteiger partial charge is 0.495 e. The molecule has 0 atom stereocenters. The van der Waals surface area contributed by atoms with Crippen molar-refractivity contribution in [2.45, 2.75) is 18.2 Å². The van der Waals surface area contributed by atoms with Gasteiger partial charge in [0.25, 0.3) is 0 Å². The second-order valence-corrected chi connectivity index (χ2v) is 6.08. The first kappa shape index (κ1) is 14.0. The van der Waals surface area contributed by atoms with Crippen LogP contribution >= 0.6 is 11.6 Å². The van der Waals surface area contributed by atoms with Gasteiger partial charge in [-0.2, -0.15) is 0 Å². The van der Waals surface area contributed by atoms with Crippen molar-refractivity contribution in [1.82, 2.24) is 0 Å². The number of carbonyl (C=O) groups excluding carboxylic acids is 1. The highest BCUT2D eigenvalue weighted by Gasteiger charge is 2.20. The van der Waals surface area contributed by atoms with E-state index in [2.05, 4.69) is 0 Å². The first-order chi connectivity index (χ1) is 7.86. The zero-order valence-corrected chi connectivity index (χ0v) is 11.1. The fourth-order valence-corrected chi connectivity index (χ4v) is 3.06. The Hall–Kier alpha value is -1.07. The summed E-state index contributed by atoms with van der Waals surface area (Å²) >= 11 is 5.76. The Bertz CT molecular complexity index is 522. The molecule has 1 rings (SSSR count). The van der Waals surface area contributed by atoms with Crippen molar-refractivity contribution in [2.24, 2.45) is 0 Å². The molecule has 0 aliphatic carbocycles. The predicted octanol–water partition coefficient (Wildman–Crippen LogP) is 2.10. The van der Waals surface area contributed by atoms with Crippen molar-refractivity contribution in [2.75, 3.05) is 12.9 Å². The van der Waals surface area contributed by atoms with E-state index >= 15 is 0 Å². The number of ketones is 1. The molecule has 0 spiro atoms.